The van der Waals surface area contributed by atoms with Gasteiger partial charge in [-0.2, -0.15) is 0 Å². The van der Waals surface area contributed by atoms with E-state index in [-0.39, 0.29) is 48.9 Å². The Labute approximate surface area is 283 Å². The van der Waals surface area contributed by atoms with Crippen LogP contribution in [0.25, 0.3) is 32.9 Å². The Balaban J connectivity index is 0.000000249. The first-order valence-corrected chi connectivity index (χ1v) is 16.9. The molecule has 4 nitrogen and oxygen atoms in total. The molecular weight excluding hydrogens is 733 g/mol. The number of carbonyl (C=O) groups is 1. The van der Waals surface area contributed by atoms with Crippen molar-refractivity contribution < 1.29 is 30.0 Å². The number of hydrogen-bond donors (Lipinski definition) is 1. The molecule has 2 aliphatic carbocycles. The van der Waals surface area contributed by atoms with Crippen LogP contribution in [0.15, 0.2) is 60.6 Å². The maximum Gasteiger partial charge on any atom is 0.162 e. The molecule has 1 saturated carbocycles. The van der Waals surface area contributed by atoms with Crippen LogP contribution >= 0.6 is 0 Å². The second-order valence-corrected chi connectivity index (χ2v) is 13.3. The van der Waals surface area contributed by atoms with E-state index in [4.69, 9.17) is 4.98 Å². The van der Waals surface area contributed by atoms with Gasteiger partial charge in [-0.1, -0.05) is 90.5 Å². The summed E-state index contributed by atoms with van der Waals surface area (Å²) in [5.74, 6) is 1.25. The molecule has 0 atom stereocenters. The monoisotopic (exact) mass is 782 g/mol. The molecule has 1 fully saturated rings. The SMILES string of the molecule is CC1(C)c2cc3cccnc3[c-]c2-c2nccc3cc(C4CCCCC4)cc1c23.CCC(CC)C(=O)/C=C(\O)C(CC)CC.[Ir]. The second kappa shape index (κ2) is 15.1. The van der Waals surface area contributed by atoms with Crippen molar-refractivity contribution in [3.05, 3.63) is 83.4 Å². The van der Waals surface area contributed by atoms with Crippen LogP contribution in [0.1, 0.15) is 122 Å². The Kier molecular flexibility index (Phi) is 11.8. The van der Waals surface area contributed by atoms with Gasteiger partial charge >= 0.3 is 0 Å². The molecule has 2 aliphatic rings. The van der Waals surface area contributed by atoms with Gasteiger partial charge < -0.3 is 10.1 Å². The van der Waals surface area contributed by atoms with Gasteiger partial charge in [0.05, 0.1) is 5.76 Å². The third-order valence-corrected chi connectivity index (χ3v) is 10.3. The van der Waals surface area contributed by atoms with Crippen molar-refractivity contribution in [2.75, 3.05) is 0 Å². The number of aliphatic hydroxyl groups is 1. The number of allylic oxidation sites excluding steroid dienone is 2. The topological polar surface area (TPSA) is 63.1 Å². The molecule has 6 rings (SSSR count). The van der Waals surface area contributed by atoms with Crippen molar-refractivity contribution in [3.8, 4) is 11.3 Å². The predicted octanol–water partition coefficient (Wildman–Crippen LogP) is 10.8. The van der Waals surface area contributed by atoms with Gasteiger partial charge in [-0.3, -0.25) is 9.78 Å². The number of carbonyl (C=O) groups excluding carboxylic acids is 1. The van der Waals surface area contributed by atoms with Crippen molar-refractivity contribution in [3.63, 3.8) is 0 Å². The van der Waals surface area contributed by atoms with Gasteiger partial charge in [0.1, 0.15) is 0 Å². The average Bonchev–Trinajstić information content (AvgIpc) is 3.04. The number of pyridine rings is 2. The zero-order valence-electron chi connectivity index (χ0n) is 27.9. The molecule has 2 aromatic heterocycles. The Hall–Kier alpha value is -2.88. The Morgan fingerprint density at radius 2 is 1.60 bits per heavy atom. The van der Waals surface area contributed by atoms with Crippen molar-refractivity contribution in [1.82, 2.24) is 9.97 Å². The summed E-state index contributed by atoms with van der Waals surface area (Å²) >= 11 is 0. The third-order valence-electron chi connectivity index (χ3n) is 10.3. The molecule has 0 spiro atoms. The van der Waals surface area contributed by atoms with E-state index in [1.54, 1.807) is 0 Å². The van der Waals surface area contributed by atoms with Gasteiger partial charge in [-0.05, 0) is 89.0 Å². The number of nitrogens with zero attached hydrogens (tertiary/aromatic N) is 2. The fourth-order valence-electron chi connectivity index (χ4n) is 7.35. The predicted molar refractivity (Wildman–Crippen MR) is 183 cm³/mol. The number of fused-ring (bicyclic) bond motifs is 3. The van der Waals surface area contributed by atoms with E-state index in [0.29, 0.717) is 5.92 Å². The molecule has 2 heterocycles. The Morgan fingerprint density at radius 1 is 0.911 bits per heavy atom. The van der Waals surface area contributed by atoms with E-state index in [9.17, 15) is 9.90 Å². The summed E-state index contributed by atoms with van der Waals surface area (Å²) in [6.07, 6.45) is 15.5. The molecule has 1 N–H and O–H groups in total. The van der Waals surface area contributed by atoms with Gasteiger partial charge in [0.2, 0.25) is 0 Å². The number of aromatic nitrogens is 2. The molecule has 0 amide bonds. The minimum absolute atomic E-state index is 0. The molecular formula is C40H49IrN2O2-. The van der Waals surface area contributed by atoms with Crippen LogP contribution in [0.4, 0.5) is 0 Å². The van der Waals surface area contributed by atoms with Crippen molar-refractivity contribution in [1.29, 1.82) is 0 Å². The van der Waals surface area contributed by atoms with Crippen LogP contribution in [0, 0.1) is 17.9 Å². The van der Waals surface area contributed by atoms with Crippen LogP contribution in [0.2, 0.25) is 0 Å². The number of rotatable bonds is 8. The van der Waals surface area contributed by atoms with Gasteiger partial charge in [-0.25, -0.2) is 0 Å². The summed E-state index contributed by atoms with van der Waals surface area (Å²) in [6.45, 7) is 12.8. The maximum absolute atomic E-state index is 11.7. The van der Waals surface area contributed by atoms with E-state index in [1.165, 1.54) is 65.6 Å². The van der Waals surface area contributed by atoms with E-state index in [0.717, 1.165) is 47.8 Å². The smallest absolute Gasteiger partial charge is 0.162 e. The summed E-state index contributed by atoms with van der Waals surface area (Å²) < 4.78 is 0. The zero-order valence-corrected chi connectivity index (χ0v) is 30.3. The normalized spacial score (nSPS) is 15.9. The molecule has 4 aromatic rings. The van der Waals surface area contributed by atoms with Crippen LogP contribution in [-0.4, -0.2) is 20.9 Å². The summed E-state index contributed by atoms with van der Waals surface area (Å²) in [5, 5.41) is 13.5. The molecule has 2 aromatic carbocycles. The average molecular weight is 782 g/mol. The van der Waals surface area contributed by atoms with E-state index in [1.807, 2.05) is 46.2 Å². The fraction of sp³-hybridized carbons (Fsp3) is 0.475. The van der Waals surface area contributed by atoms with Crippen LogP contribution in [0.5, 0.6) is 0 Å². The van der Waals surface area contributed by atoms with Gasteiger partial charge in [0.15, 0.2) is 5.78 Å². The van der Waals surface area contributed by atoms with E-state index >= 15 is 0 Å². The molecule has 0 aliphatic heterocycles. The molecule has 1 radical (unpaired) electrons. The van der Waals surface area contributed by atoms with Gasteiger partial charge in [0, 0.05) is 50.4 Å². The van der Waals surface area contributed by atoms with E-state index < -0.39 is 0 Å². The van der Waals surface area contributed by atoms with Crippen LogP contribution in [0.3, 0.4) is 0 Å². The fourth-order valence-corrected chi connectivity index (χ4v) is 7.35. The number of hydrogen-bond acceptors (Lipinski definition) is 4. The summed E-state index contributed by atoms with van der Waals surface area (Å²) in [4.78, 5) is 21.1. The number of ketones is 1. The van der Waals surface area contributed by atoms with Crippen molar-refractivity contribution >= 4 is 27.5 Å². The molecule has 0 bridgehead atoms. The minimum atomic E-state index is -0.0885. The molecule has 0 unspecified atom stereocenters. The molecule has 241 valence electrons. The van der Waals surface area contributed by atoms with Gasteiger partial charge in [-0.15, -0.1) is 23.3 Å². The number of benzene rings is 2. The van der Waals surface area contributed by atoms with E-state index in [2.05, 4.69) is 55.2 Å². The summed E-state index contributed by atoms with van der Waals surface area (Å²) in [6, 6.07) is 17.2. The van der Waals surface area contributed by atoms with Crippen molar-refractivity contribution in [2.24, 2.45) is 11.8 Å². The second-order valence-electron chi connectivity index (χ2n) is 13.3. The molecule has 45 heavy (non-hydrogen) atoms. The van der Waals surface area contributed by atoms with Gasteiger partial charge in [0.25, 0.3) is 0 Å². The Bertz CT molecular complexity index is 1660. The molecule has 0 saturated heterocycles. The first-order valence-electron chi connectivity index (χ1n) is 16.9. The first kappa shape index (κ1) is 35.0. The Morgan fingerprint density at radius 3 is 2.27 bits per heavy atom. The minimum Gasteiger partial charge on any atom is -0.512 e. The largest absolute Gasteiger partial charge is 0.512 e. The third kappa shape index (κ3) is 7.10. The standard InChI is InChI=1S/C27H25N2.C13H24O2.Ir/c1-27(2)22-14-18-9-6-11-28-24(18)16-21(22)26-25-19(10-12-29-26)13-20(15-23(25)27)17-7-4-3-5-8-17;1-5-10(6-2)12(14)9-13(15)11(7-3)8-4;/h6,9-15,17H,3-5,7-8H2,1-2H3;9-11,14H,5-8H2,1-4H3;/q-1;;/b;12-9-;. The first-order chi connectivity index (χ1) is 21.2. The summed E-state index contributed by atoms with van der Waals surface area (Å²) in [7, 11) is 0. The zero-order chi connectivity index (χ0) is 31.4. The maximum atomic E-state index is 11.7. The van der Waals surface area contributed by atoms with Crippen LogP contribution in [-0.2, 0) is 30.3 Å². The molecule has 5 heteroatoms. The van der Waals surface area contributed by atoms with Crippen molar-refractivity contribution in [2.45, 2.75) is 111 Å². The van der Waals surface area contributed by atoms with Crippen LogP contribution < -0.4 is 0 Å². The summed E-state index contributed by atoms with van der Waals surface area (Å²) in [5.41, 5.74) is 7.26. The number of aliphatic hydroxyl groups excluding tert-OH is 1. The quantitative estimate of drug-likeness (QED) is 0.110.